The van der Waals surface area contributed by atoms with Gasteiger partial charge in [-0.2, -0.15) is 5.26 Å². The lowest BCUT2D eigenvalue weighted by Gasteiger charge is -2.08. The maximum absolute atomic E-state index is 11.6. The first kappa shape index (κ1) is 12.6. The molecule has 0 aliphatic rings. The van der Waals surface area contributed by atoms with Crippen molar-refractivity contribution in [1.82, 2.24) is 0 Å². The Morgan fingerprint density at radius 2 is 2.29 bits per heavy atom. The van der Waals surface area contributed by atoms with Crippen LogP contribution < -0.4 is 4.74 Å². The Morgan fingerprint density at radius 3 is 2.82 bits per heavy atom. The number of carbonyl (C=O) groups excluding carboxylic acids is 1. The molecule has 1 rings (SSSR count). The van der Waals surface area contributed by atoms with E-state index in [1.807, 2.05) is 0 Å². The highest BCUT2D eigenvalue weighted by Gasteiger charge is 2.22. The van der Waals surface area contributed by atoms with Gasteiger partial charge in [0.2, 0.25) is 5.75 Å². The summed E-state index contributed by atoms with van der Waals surface area (Å²) in [6, 6.07) is 5.78. The Balaban J connectivity index is 3.30. The van der Waals surface area contributed by atoms with Gasteiger partial charge < -0.3 is 4.74 Å². The summed E-state index contributed by atoms with van der Waals surface area (Å²) >= 11 is 0. The smallest absolute Gasteiger partial charge is 0.311 e. The molecule has 88 valence electrons. The second kappa shape index (κ2) is 5.61. The molecule has 0 radical (unpaired) electrons. The lowest BCUT2D eigenvalue weighted by molar-refractivity contribution is -0.385. The van der Waals surface area contributed by atoms with Gasteiger partial charge in [-0.25, -0.2) is 0 Å². The fourth-order valence-corrected chi connectivity index (χ4v) is 1.35. The highest BCUT2D eigenvalue weighted by molar-refractivity contribution is 6.00. The van der Waals surface area contributed by atoms with Crippen LogP contribution in [-0.4, -0.2) is 17.3 Å². The number of para-hydroxylation sites is 1. The van der Waals surface area contributed by atoms with Gasteiger partial charge in [-0.15, -0.1) is 0 Å². The van der Waals surface area contributed by atoms with Crippen LogP contribution >= 0.6 is 0 Å². The first-order chi connectivity index (χ1) is 8.11. The molecular formula is C11H10N2O4. The van der Waals surface area contributed by atoms with E-state index in [-0.39, 0.29) is 30.0 Å². The van der Waals surface area contributed by atoms with Crippen molar-refractivity contribution in [3.05, 3.63) is 33.9 Å². The molecule has 0 unspecified atom stereocenters. The fourth-order valence-electron chi connectivity index (χ4n) is 1.35. The molecule has 0 N–H and O–H groups in total. The van der Waals surface area contributed by atoms with Gasteiger partial charge in [0.05, 0.1) is 29.6 Å². The van der Waals surface area contributed by atoms with Gasteiger partial charge in [0.15, 0.2) is 5.78 Å². The third-order valence-corrected chi connectivity index (χ3v) is 2.02. The maximum atomic E-state index is 11.6. The van der Waals surface area contributed by atoms with Crippen LogP contribution in [0.15, 0.2) is 18.2 Å². The standard InChI is InChI=1S/C11H10N2O4/c1-2-17-11-8(10(14)6-7-12)4-3-5-9(11)13(15)16/h3-5H,2,6H2,1H3. The largest absolute Gasteiger partial charge is 0.487 e. The number of carbonyl (C=O) groups is 1. The average molecular weight is 234 g/mol. The van der Waals surface area contributed by atoms with E-state index < -0.39 is 10.7 Å². The van der Waals surface area contributed by atoms with Crippen LogP contribution in [0.1, 0.15) is 23.7 Å². The van der Waals surface area contributed by atoms with Crippen molar-refractivity contribution in [2.24, 2.45) is 0 Å². The van der Waals surface area contributed by atoms with E-state index >= 15 is 0 Å². The minimum absolute atomic E-state index is 0.0692. The van der Waals surface area contributed by atoms with Crippen LogP contribution in [0.4, 0.5) is 5.69 Å². The van der Waals surface area contributed by atoms with Crippen LogP contribution in [0.2, 0.25) is 0 Å². The summed E-state index contributed by atoms with van der Waals surface area (Å²) in [7, 11) is 0. The molecule has 6 heteroatoms. The summed E-state index contributed by atoms with van der Waals surface area (Å²) < 4.78 is 5.12. The monoisotopic (exact) mass is 234 g/mol. The Labute approximate surface area is 97.6 Å². The molecule has 0 atom stereocenters. The summed E-state index contributed by atoms with van der Waals surface area (Å²) in [5.41, 5.74) is -0.196. The molecule has 1 aromatic rings. The van der Waals surface area contributed by atoms with E-state index in [2.05, 4.69) is 0 Å². The Bertz CT molecular complexity index is 491. The summed E-state index contributed by atoms with van der Waals surface area (Å²) in [4.78, 5) is 21.8. The SMILES string of the molecule is CCOc1c(C(=O)CC#N)cccc1[N+](=O)[O-]. The van der Waals surface area contributed by atoms with Gasteiger partial charge in [0, 0.05) is 6.07 Å². The number of nitriles is 1. The van der Waals surface area contributed by atoms with E-state index in [0.29, 0.717) is 0 Å². The second-order valence-electron chi connectivity index (χ2n) is 3.10. The van der Waals surface area contributed by atoms with Crippen molar-refractivity contribution in [2.75, 3.05) is 6.61 Å². The number of ketones is 1. The van der Waals surface area contributed by atoms with Crippen molar-refractivity contribution in [3.63, 3.8) is 0 Å². The van der Waals surface area contributed by atoms with Gasteiger partial charge in [-0.3, -0.25) is 14.9 Å². The van der Waals surface area contributed by atoms with Crippen LogP contribution in [0.3, 0.4) is 0 Å². The number of hydrogen-bond acceptors (Lipinski definition) is 5. The van der Waals surface area contributed by atoms with Crippen molar-refractivity contribution in [3.8, 4) is 11.8 Å². The van der Waals surface area contributed by atoms with E-state index in [9.17, 15) is 14.9 Å². The third-order valence-electron chi connectivity index (χ3n) is 2.02. The Hall–Kier alpha value is -2.42. The molecule has 0 aliphatic carbocycles. The molecule has 6 nitrogen and oxygen atoms in total. The Kier molecular flexibility index (Phi) is 4.17. The first-order valence-corrected chi connectivity index (χ1v) is 4.92. The number of nitro groups is 1. The fraction of sp³-hybridized carbons (Fsp3) is 0.273. The first-order valence-electron chi connectivity index (χ1n) is 4.92. The van der Waals surface area contributed by atoms with E-state index in [4.69, 9.17) is 10.00 Å². The maximum Gasteiger partial charge on any atom is 0.311 e. The van der Waals surface area contributed by atoms with Gasteiger partial charge in [0.1, 0.15) is 0 Å². The van der Waals surface area contributed by atoms with E-state index in [1.54, 1.807) is 13.0 Å². The third kappa shape index (κ3) is 2.78. The van der Waals surface area contributed by atoms with Crippen LogP contribution in [0.5, 0.6) is 5.75 Å². The molecule has 0 aliphatic heterocycles. The number of Topliss-reactive ketones (excluding diaryl/α,β-unsaturated/α-hetero) is 1. The summed E-state index contributed by atoms with van der Waals surface area (Å²) in [5, 5.41) is 19.2. The molecule has 0 saturated heterocycles. The van der Waals surface area contributed by atoms with Gasteiger partial charge in [-0.05, 0) is 13.0 Å². The molecule has 0 saturated carbocycles. The average Bonchev–Trinajstić information content (AvgIpc) is 2.29. The lowest BCUT2D eigenvalue weighted by Crippen LogP contribution is -2.06. The molecule has 0 heterocycles. The molecule has 0 spiro atoms. The zero-order chi connectivity index (χ0) is 12.8. The lowest BCUT2D eigenvalue weighted by atomic mass is 10.1. The summed E-state index contributed by atoms with van der Waals surface area (Å²) in [6.45, 7) is 1.87. The molecule has 0 bridgehead atoms. The minimum atomic E-state index is -0.617. The number of nitrogens with zero attached hydrogens (tertiary/aromatic N) is 2. The predicted octanol–water partition coefficient (Wildman–Crippen LogP) is 2.09. The quantitative estimate of drug-likeness (QED) is 0.441. The number of rotatable bonds is 5. The van der Waals surface area contributed by atoms with Gasteiger partial charge in [-0.1, -0.05) is 6.07 Å². The van der Waals surface area contributed by atoms with Crippen LogP contribution in [0.25, 0.3) is 0 Å². The molecule has 0 aromatic heterocycles. The molecule has 17 heavy (non-hydrogen) atoms. The summed E-state index contributed by atoms with van der Waals surface area (Å²) in [6.07, 6.45) is -0.332. The number of nitro benzene ring substituents is 1. The van der Waals surface area contributed by atoms with Crippen molar-refractivity contribution >= 4 is 11.5 Å². The summed E-state index contributed by atoms with van der Waals surface area (Å²) in [5.74, 6) is -0.556. The second-order valence-corrected chi connectivity index (χ2v) is 3.10. The zero-order valence-electron chi connectivity index (χ0n) is 9.17. The normalized spacial score (nSPS) is 9.41. The van der Waals surface area contributed by atoms with Crippen LogP contribution in [-0.2, 0) is 0 Å². The van der Waals surface area contributed by atoms with Crippen molar-refractivity contribution < 1.29 is 14.5 Å². The molecule has 0 fully saturated rings. The van der Waals surface area contributed by atoms with Gasteiger partial charge in [0.25, 0.3) is 0 Å². The van der Waals surface area contributed by atoms with E-state index in [1.165, 1.54) is 18.2 Å². The highest BCUT2D eigenvalue weighted by atomic mass is 16.6. The minimum Gasteiger partial charge on any atom is -0.487 e. The van der Waals surface area contributed by atoms with Crippen molar-refractivity contribution in [2.45, 2.75) is 13.3 Å². The topological polar surface area (TPSA) is 93.2 Å². The molecule has 0 amide bonds. The van der Waals surface area contributed by atoms with Gasteiger partial charge >= 0.3 is 5.69 Å². The highest BCUT2D eigenvalue weighted by Crippen LogP contribution is 2.31. The zero-order valence-corrected chi connectivity index (χ0v) is 9.17. The number of ether oxygens (including phenoxy) is 1. The van der Waals surface area contributed by atoms with Crippen molar-refractivity contribution in [1.29, 1.82) is 5.26 Å². The predicted molar refractivity (Wildman–Crippen MR) is 58.8 cm³/mol. The van der Waals surface area contributed by atoms with E-state index in [0.717, 1.165) is 0 Å². The molecule has 1 aromatic carbocycles. The van der Waals surface area contributed by atoms with Crippen LogP contribution in [0, 0.1) is 21.4 Å². The Morgan fingerprint density at radius 1 is 1.59 bits per heavy atom. The number of benzene rings is 1. The molecular weight excluding hydrogens is 224 g/mol. The number of hydrogen-bond donors (Lipinski definition) is 0.